The first-order valence-electron chi connectivity index (χ1n) is 10.6. The minimum atomic E-state index is -2.65. The lowest BCUT2D eigenvalue weighted by Crippen LogP contribution is -2.38. The van der Waals surface area contributed by atoms with Gasteiger partial charge >= 0.3 is 6.09 Å². The van der Waals surface area contributed by atoms with Gasteiger partial charge in [-0.1, -0.05) is 24.3 Å². The van der Waals surface area contributed by atoms with Gasteiger partial charge in [0.1, 0.15) is 11.4 Å². The minimum absolute atomic E-state index is 0.0511. The Morgan fingerprint density at radius 1 is 1.16 bits per heavy atom. The quantitative estimate of drug-likeness (QED) is 0.707. The number of rotatable bonds is 3. The fourth-order valence-electron chi connectivity index (χ4n) is 5.56. The van der Waals surface area contributed by atoms with Crippen LogP contribution < -0.4 is 5.32 Å². The van der Waals surface area contributed by atoms with Gasteiger partial charge < -0.3 is 10.1 Å². The van der Waals surface area contributed by atoms with Crippen molar-refractivity contribution in [2.45, 2.75) is 37.2 Å². The predicted molar refractivity (Wildman–Crippen MR) is 110 cm³/mol. The van der Waals surface area contributed by atoms with E-state index in [1.807, 2.05) is 30.4 Å². The largest absolute Gasteiger partial charge is 0.440 e. The Balaban J connectivity index is 1.39. The molecule has 7 heteroatoms. The Morgan fingerprint density at radius 2 is 2.03 bits per heavy atom. The van der Waals surface area contributed by atoms with Gasteiger partial charge in [-0.25, -0.2) is 18.0 Å². The highest BCUT2D eigenvalue weighted by Gasteiger charge is 2.60. The van der Waals surface area contributed by atoms with E-state index in [2.05, 4.69) is 10.3 Å². The Labute approximate surface area is 178 Å². The summed E-state index contributed by atoms with van der Waals surface area (Å²) in [6, 6.07) is 10.0. The zero-order valence-corrected chi connectivity index (χ0v) is 16.9. The van der Waals surface area contributed by atoms with E-state index in [4.69, 9.17) is 4.74 Å². The molecule has 3 fully saturated rings. The van der Waals surface area contributed by atoms with Crippen molar-refractivity contribution in [3.63, 3.8) is 0 Å². The summed E-state index contributed by atoms with van der Waals surface area (Å²) in [4.78, 5) is 16.3. The molecule has 1 aliphatic heterocycles. The van der Waals surface area contributed by atoms with Gasteiger partial charge in [-0.05, 0) is 54.5 Å². The topological polar surface area (TPSA) is 51.2 Å². The van der Waals surface area contributed by atoms with Crippen LogP contribution in [0.25, 0.3) is 17.2 Å². The summed E-state index contributed by atoms with van der Waals surface area (Å²) in [5.74, 6) is -3.21. The number of hydrogen-bond acceptors (Lipinski definition) is 3. The third-order valence-corrected chi connectivity index (χ3v) is 6.93. The molecule has 1 unspecified atom stereocenters. The Bertz CT molecular complexity index is 1020. The Hall–Kier alpha value is -2.83. The standard InChI is InChI=1S/C24H23F3N2O2/c25-18-3-1-2-15(10-18)16-4-5-19(28-13-16)6-7-21-20-8-9-24(26,27)12-17(20)11-23(21)14-29-22(30)31-23/h1-7,10,13,17,20-21H,8-9,11-12,14H2,(H,29,30)/b7-6+/t17-,20+,21-,23?/m0/s1. The van der Waals surface area contributed by atoms with Crippen LogP contribution in [0, 0.1) is 23.6 Å². The van der Waals surface area contributed by atoms with Gasteiger partial charge in [0.15, 0.2) is 0 Å². The van der Waals surface area contributed by atoms with E-state index in [0.29, 0.717) is 25.1 Å². The highest BCUT2D eigenvalue weighted by atomic mass is 19.3. The molecule has 0 bridgehead atoms. The summed E-state index contributed by atoms with van der Waals surface area (Å²) < 4.78 is 47.1. The lowest BCUT2D eigenvalue weighted by Gasteiger charge is -2.34. The fourth-order valence-corrected chi connectivity index (χ4v) is 5.56. The summed E-state index contributed by atoms with van der Waals surface area (Å²) in [6.45, 7) is 0.339. The van der Waals surface area contributed by atoms with Crippen LogP contribution in [0.5, 0.6) is 0 Å². The SMILES string of the molecule is O=C1NCC2(C[C@H]3CC(F)(F)CC[C@H]3[C@@H]2/C=C/c2ccc(-c3cccc(F)c3)cn2)O1. The van der Waals surface area contributed by atoms with Crippen molar-refractivity contribution < 1.29 is 22.7 Å². The predicted octanol–water partition coefficient (Wildman–Crippen LogP) is 5.45. The van der Waals surface area contributed by atoms with E-state index in [-0.39, 0.29) is 36.4 Å². The first kappa shape index (κ1) is 20.1. The lowest BCUT2D eigenvalue weighted by molar-refractivity contribution is -0.0659. The van der Waals surface area contributed by atoms with E-state index >= 15 is 0 Å². The molecule has 1 spiro atoms. The molecule has 4 atom stereocenters. The summed E-state index contributed by atoms with van der Waals surface area (Å²) in [6.07, 6.45) is 5.62. The van der Waals surface area contributed by atoms with Gasteiger partial charge in [-0.3, -0.25) is 4.98 Å². The van der Waals surface area contributed by atoms with Crippen LogP contribution >= 0.6 is 0 Å². The van der Waals surface area contributed by atoms with Gasteiger partial charge in [0.25, 0.3) is 0 Å². The van der Waals surface area contributed by atoms with E-state index in [1.165, 1.54) is 12.1 Å². The molecule has 5 rings (SSSR count). The fraction of sp³-hybridized carbons (Fsp3) is 0.417. The van der Waals surface area contributed by atoms with Crippen LogP contribution in [-0.4, -0.2) is 29.1 Å². The normalized spacial score (nSPS) is 31.6. The lowest BCUT2D eigenvalue weighted by atomic mass is 9.75. The average molecular weight is 428 g/mol. The monoisotopic (exact) mass is 428 g/mol. The average Bonchev–Trinajstić information content (AvgIpc) is 3.24. The second-order valence-corrected chi connectivity index (χ2v) is 8.90. The number of ether oxygens (including phenoxy) is 1. The number of fused-ring (bicyclic) bond motifs is 1. The first-order chi connectivity index (χ1) is 14.8. The zero-order valence-electron chi connectivity index (χ0n) is 16.9. The van der Waals surface area contributed by atoms with Gasteiger partial charge in [0, 0.05) is 30.5 Å². The Kier molecular flexibility index (Phi) is 4.79. The number of aromatic nitrogens is 1. The van der Waals surface area contributed by atoms with E-state index in [1.54, 1.807) is 12.3 Å². The molecule has 2 saturated carbocycles. The number of amides is 1. The first-order valence-corrected chi connectivity index (χ1v) is 10.6. The van der Waals surface area contributed by atoms with Crippen LogP contribution in [0.1, 0.15) is 31.4 Å². The molecule has 1 aromatic heterocycles. The summed E-state index contributed by atoms with van der Waals surface area (Å²) in [7, 11) is 0. The molecule has 162 valence electrons. The maximum absolute atomic E-state index is 14.0. The van der Waals surface area contributed by atoms with Gasteiger partial charge in [0.05, 0.1) is 12.2 Å². The zero-order chi connectivity index (χ0) is 21.6. The molecular weight excluding hydrogens is 405 g/mol. The summed E-state index contributed by atoms with van der Waals surface area (Å²) >= 11 is 0. The van der Waals surface area contributed by atoms with Crippen LogP contribution in [0.15, 0.2) is 48.7 Å². The number of halogens is 3. The molecule has 4 nitrogen and oxygen atoms in total. The second kappa shape index (κ2) is 7.39. The molecular formula is C24H23F3N2O2. The van der Waals surface area contributed by atoms with Gasteiger partial charge in [0.2, 0.25) is 5.92 Å². The number of pyridine rings is 1. The maximum atomic E-state index is 14.0. The molecule has 1 N–H and O–H groups in total. The number of carbonyl (C=O) groups excluding carboxylic acids is 1. The Morgan fingerprint density at radius 3 is 2.74 bits per heavy atom. The molecule has 1 amide bonds. The van der Waals surface area contributed by atoms with Gasteiger partial charge in [-0.2, -0.15) is 0 Å². The second-order valence-electron chi connectivity index (χ2n) is 8.90. The highest BCUT2D eigenvalue weighted by molar-refractivity contribution is 5.70. The number of hydrogen-bond donors (Lipinski definition) is 1. The third-order valence-electron chi connectivity index (χ3n) is 6.93. The van der Waals surface area contributed by atoms with E-state index in [0.717, 1.165) is 11.1 Å². The number of benzene rings is 1. The molecule has 2 heterocycles. The third kappa shape index (κ3) is 3.82. The van der Waals surface area contributed by atoms with Gasteiger partial charge in [-0.15, -0.1) is 0 Å². The summed E-state index contributed by atoms with van der Waals surface area (Å²) in [5, 5.41) is 2.71. The number of nitrogens with one attached hydrogen (secondary N) is 1. The number of alkyl halides is 2. The van der Waals surface area contributed by atoms with Crippen LogP contribution in [-0.2, 0) is 4.74 Å². The van der Waals surface area contributed by atoms with Crippen molar-refractivity contribution in [3.05, 3.63) is 60.2 Å². The van der Waals surface area contributed by atoms with Crippen molar-refractivity contribution in [1.29, 1.82) is 0 Å². The molecule has 3 aliphatic rings. The van der Waals surface area contributed by atoms with E-state index < -0.39 is 17.6 Å². The van der Waals surface area contributed by atoms with Crippen LogP contribution in [0.4, 0.5) is 18.0 Å². The number of nitrogens with zero attached hydrogens (tertiary/aromatic N) is 1. The van der Waals surface area contributed by atoms with Crippen LogP contribution in [0.3, 0.4) is 0 Å². The maximum Gasteiger partial charge on any atom is 0.407 e. The smallest absolute Gasteiger partial charge is 0.407 e. The van der Waals surface area contributed by atoms with Crippen LogP contribution in [0.2, 0.25) is 0 Å². The number of carbonyl (C=O) groups is 1. The minimum Gasteiger partial charge on any atom is -0.440 e. The molecule has 0 radical (unpaired) electrons. The highest BCUT2D eigenvalue weighted by Crippen LogP contribution is 2.56. The van der Waals surface area contributed by atoms with Crippen molar-refractivity contribution >= 4 is 12.2 Å². The molecule has 2 aliphatic carbocycles. The van der Waals surface area contributed by atoms with Crippen molar-refractivity contribution in [3.8, 4) is 11.1 Å². The van der Waals surface area contributed by atoms with E-state index in [9.17, 15) is 18.0 Å². The molecule has 2 aromatic rings. The van der Waals surface area contributed by atoms with Crippen molar-refractivity contribution in [2.75, 3.05) is 6.54 Å². The van der Waals surface area contributed by atoms with Crippen molar-refractivity contribution in [2.24, 2.45) is 17.8 Å². The number of alkyl carbamates (subject to hydrolysis) is 1. The van der Waals surface area contributed by atoms with Crippen molar-refractivity contribution in [1.82, 2.24) is 10.3 Å². The molecule has 31 heavy (non-hydrogen) atoms. The molecule has 1 saturated heterocycles. The summed E-state index contributed by atoms with van der Waals surface area (Å²) in [5.41, 5.74) is 1.48. The molecule has 1 aromatic carbocycles.